The van der Waals surface area contributed by atoms with Crippen molar-refractivity contribution < 1.29 is 4.74 Å². The van der Waals surface area contributed by atoms with Crippen molar-refractivity contribution in [2.45, 2.75) is 19.6 Å². The van der Waals surface area contributed by atoms with Crippen LogP contribution in [0.2, 0.25) is 0 Å². The van der Waals surface area contributed by atoms with Gasteiger partial charge in [0.1, 0.15) is 5.76 Å². The van der Waals surface area contributed by atoms with Gasteiger partial charge in [-0.1, -0.05) is 60.7 Å². The van der Waals surface area contributed by atoms with Crippen LogP contribution in [-0.2, 0) is 10.5 Å². The molecule has 2 aromatic rings. The van der Waals surface area contributed by atoms with Crippen LogP contribution in [0.4, 0.5) is 0 Å². The first-order valence-electron chi connectivity index (χ1n) is 6.87. The van der Waals surface area contributed by atoms with Gasteiger partial charge in [0.15, 0.2) is 0 Å². The Kier molecular flexibility index (Phi) is 3.01. The molecule has 1 aliphatic rings. The fourth-order valence-electron chi connectivity index (χ4n) is 2.67. The lowest BCUT2D eigenvalue weighted by Crippen LogP contribution is -2.37. The molecule has 102 valence electrons. The quantitative estimate of drug-likeness (QED) is 0.806. The van der Waals surface area contributed by atoms with Gasteiger partial charge in [-0.25, -0.2) is 0 Å². The molecule has 2 heteroatoms. The third-order valence-electron chi connectivity index (χ3n) is 4.12. The number of hydrogen-bond donors (Lipinski definition) is 0. The maximum absolute atomic E-state index is 6.35. The van der Waals surface area contributed by atoms with E-state index in [0.717, 1.165) is 22.6 Å². The summed E-state index contributed by atoms with van der Waals surface area (Å²) in [6, 6.07) is 20.6. The Balaban J connectivity index is 2.02. The van der Waals surface area contributed by atoms with Gasteiger partial charge in [0.2, 0.25) is 5.72 Å². The normalized spacial score (nSPS) is 22.1. The maximum atomic E-state index is 6.35. The maximum Gasteiger partial charge on any atom is 0.206 e. The summed E-state index contributed by atoms with van der Waals surface area (Å²) in [6.07, 6.45) is 0. The lowest BCUT2D eigenvalue weighted by Gasteiger charge is -2.34. The molecule has 0 amide bonds. The van der Waals surface area contributed by atoms with Crippen molar-refractivity contribution in [2.24, 2.45) is 0 Å². The van der Waals surface area contributed by atoms with Gasteiger partial charge in [-0.15, -0.1) is 0 Å². The summed E-state index contributed by atoms with van der Waals surface area (Å²) in [4.78, 5) is 2.20. The van der Waals surface area contributed by atoms with Gasteiger partial charge in [-0.05, 0) is 13.8 Å². The Labute approximate surface area is 120 Å². The largest absolute Gasteiger partial charge is 0.462 e. The average Bonchev–Trinajstić information content (AvgIpc) is 2.75. The molecule has 20 heavy (non-hydrogen) atoms. The zero-order valence-corrected chi connectivity index (χ0v) is 12.1. The molecule has 0 fully saturated rings. The minimum Gasteiger partial charge on any atom is -0.462 e. The SMILES string of the molecule is CC1=C(c2ccccc2)OC(C)(c2ccccc2)N1C. The number of nitrogens with zero attached hydrogens (tertiary/aromatic N) is 1. The lowest BCUT2D eigenvalue weighted by molar-refractivity contribution is -0.0340. The predicted octanol–water partition coefficient (Wildman–Crippen LogP) is 4.21. The van der Waals surface area contributed by atoms with Gasteiger partial charge >= 0.3 is 0 Å². The second kappa shape index (κ2) is 4.71. The molecule has 0 spiro atoms. The summed E-state index contributed by atoms with van der Waals surface area (Å²) in [5.74, 6) is 0.958. The number of allylic oxidation sites excluding steroid dienone is 1. The standard InChI is InChI=1S/C18H19NO/c1-14-17(15-10-6-4-7-11-15)20-18(2,19(14)3)16-12-8-5-9-13-16/h4-13H,1-3H3. The third-order valence-corrected chi connectivity index (χ3v) is 4.12. The molecule has 1 heterocycles. The molecule has 0 saturated carbocycles. The van der Waals surface area contributed by atoms with E-state index in [1.165, 1.54) is 0 Å². The highest BCUT2D eigenvalue weighted by atomic mass is 16.5. The van der Waals surface area contributed by atoms with Crippen LogP contribution in [0.3, 0.4) is 0 Å². The van der Waals surface area contributed by atoms with Crippen molar-refractivity contribution in [3.05, 3.63) is 77.5 Å². The first-order chi connectivity index (χ1) is 9.63. The van der Waals surface area contributed by atoms with Crippen molar-refractivity contribution in [2.75, 3.05) is 7.05 Å². The van der Waals surface area contributed by atoms with Gasteiger partial charge in [0.25, 0.3) is 0 Å². The highest BCUT2D eigenvalue weighted by Gasteiger charge is 2.41. The molecular weight excluding hydrogens is 246 g/mol. The lowest BCUT2D eigenvalue weighted by atomic mass is 10.0. The minimum atomic E-state index is -0.448. The van der Waals surface area contributed by atoms with Crippen LogP contribution < -0.4 is 0 Å². The summed E-state index contributed by atoms with van der Waals surface area (Å²) in [7, 11) is 2.08. The van der Waals surface area contributed by atoms with Crippen molar-refractivity contribution >= 4 is 5.76 Å². The number of rotatable bonds is 2. The molecule has 0 aliphatic carbocycles. The Hall–Kier alpha value is -2.22. The highest BCUT2D eigenvalue weighted by molar-refractivity contribution is 5.65. The van der Waals surface area contributed by atoms with E-state index in [0.29, 0.717) is 0 Å². The monoisotopic (exact) mass is 265 g/mol. The van der Waals surface area contributed by atoms with Gasteiger partial charge in [-0.2, -0.15) is 0 Å². The molecule has 2 aromatic carbocycles. The first kappa shape index (κ1) is 12.8. The van der Waals surface area contributed by atoms with E-state index in [2.05, 4.69) is 50.1 Å². The second-order valence-corrected chi connectivity index (χ2v) is 5.29. The molecule has 2 nitrogen and oxygen atoms in total. The van der Waals surface area contributed by atoms with E-state index in [-0.39, 0.29) is 0 Å². The van der Waals surface area contributed by atoms with Crippen LogP contribution in [0.25, 0.3) is 5.76 Å². The molecule has 1 atom stereocenters. The number of benzene rings is 2. The van der Waals surface area contributed by atoms with Crippen molar-refractivity contribution in [3.63, 3.8) is 0 Å². The summed E-state index contributed by atoms with van der Waals surface area (Å²) in [5, 5.41) is 0. The summed E-state index contributed by atoms with van der Waals surface area (Å²) in [6.45, 7) is 4.22. The first-order valence-corrected chi connectivity index (χ1v) is 6.87. The Morgan fingerprint density at radius 3 is 2.05 bits per heavy atom. The van der Waals surface area contributed by atoms with E-state index in [1.807, 2.05) is 36.4 Å². The van der Waals surface area contributed by atoms with Crippen LogP contribution >= 0.6 is 0 Å². The van der Waals surface area contributed by atoms with E-state index in [1.54, 1.807) is 0 Å². The number of hydrogen-bond acceptors (Lipinski definition) is 2. The minimum absolute atomic E-state index is 0.448. The zero-order valence-electron chi connectivity index (χ0n) is 12.1. The molecule has 1 unspecified atom stereocenters. The Morgan fingerprint density at radius 1 is 0.900 bits per heavy atom. The van der Waals surface area contributed by atoms with Gasteiger partial charge in [0, 0.05) is 18.2 Å². The van der Waals surface area contributed by atoms with E-state index < -0.39 is 5.72 Å². The molecule has 0 N–H and O–H groups in total. The fourth-order valence-corrected chi connectivity index (χ4v) is 2.67. The predicted molar refractivity (Wildman–Crippen MR) is 81.7 cm³/mol. The summed E-state index contributed by atoms with van der Waals surface area (Å²) in [5.41, 5.74) is 2.99. The summed E-state index contributed by atoms with van der Waals surface area (Å²) >= 11 is 0. The topological polar surface area (TPSA) is 12.5 Å². The van der Waals surface area contributed by atoms with E-state index >= 15 is 0 Å². The Bertz CT molecular complexity index is 633. The Morgan fingerprint density at radius 2 is 1.45 bits per heavy atom. The van der Waals surface area contributed by atoms with Crippen molar-refractivity contribution in [3.8, 4) is 0 Å². The van der Waals surface area contributed by atoms with E-state index in [9.17, 15) is 0 Å². The molecule has 0 radical (unpaired) electrons. The molecule has 0 aromatic heterocycles. The van der Waals surface area contributed by atoms with E-state index in [4.69, 9.17) is 4.74 Å². The van der Waals surface area contributed by atoms with Crippen LogP contribution in [0.15, 0.2) is 66.4 Å². The third kappa shape index (κ3) is 1.88. The highest BCUT2D eigenvalue weighted by Crippen LogP contribution is 2.43. The van der Waals surface area contributed by atoms with Crippen LogP contribution in [0, 0.1) is 0 Å². The fraction of sp³-hybridized carbons (Fsp3) is 0.222. The number of ether oxygens (including phenoxy) is 1. The molecule has 0 bridgehead atoms. The average molecular weight is 265 g/mol. The summed E-state index contributed by atoms with van der Waals surface area (Å²) < 4.78 is 6.35. The molecule has 0 saturated heterocycles. The molecule has 1 aliphatic heterocycles. The van der Waals surface area contributed by atoms with Crippen LogP contribution in [0.1, 0.15) is 25.0 Å². The van der Waals surface area contributed by atoms with Gasteiger partial charge < -0.3 is 9.64 Å². The van der Waals surface area contributed by atoms with Crippen molar-refractivity contribution in [1.82, 2.24) is 4.90 Å². The second-order valence-electron chi connectivity index (χ2n) is 5.29. The zero-order chi connectivity index (χ0) is 14.2. The molecular formula is C18H19NO. The van der Waals surface area contributed by atoms with Crippen LogP contribution in [0.5, 0.6) is 0 Å². The smallest absolute Gasteiger partial charge is 0.206 e. The van der Waals surface area contributed by atoms with Gasteiger partial charge in [0.05, 0.1) is 5.70 Å². The molecule has 3 rings (SSSR count). The van der Waals surface area contributed by atoms with Crippen molar-refractivity contribution in [1.29, 1.82) is 0 Å². The van der Waals surface area contributed by atoms with Gasteiger partial charge in [-0.3, -0.25) is 0 Å². The van der Waals surface area contributed by atoms with Crippen LogP contribution in [-0.4, -0.2) is 11.9 Å².